The zero-order valence-electron chi connectivity index (χ0n) is 17.2. The predicted molar refractivity (Wildman–Crippen MR) is 134 cm³/mol. The summed E-state index contributed by atoms with van der Waals surface area (Å²) in [5.74, 6) is 0. The molecular formula is C26H17BrClN3O2. The fraction of sp³-hybridized carbons (Fsp3) is 0.0385. The van der Waals surface area contributed by atoms with Gasteiger partial charge in [-0.15, -0.1) is 0 Å². The number of aromatic nitrogens is 2. The van der Waals surface area contributed by atoms with Crippen LogP contribution in [-0.2, 0) is 5.54 Å². The number of nitrogens with zero attached hydrogens (tertiary/aromatic N) is 3. The van der Waals surface area contributed by atoms with Crippen molar-refractivity contribution in [2.24, 2.45) is 0 Å². The normalized spacial score (nSPS) is 11.6. The van der Waals surface area contributed by atoms with Gasteiger partial charge in [0.1, 0.15) is 5.54 Å². The molecule has 0 fully saturated rings. The Hall–Kier alpha value is -3.48. The Labute approximate surface area is 203 Å². The van der Waals surface area contributed by atoms with E-state index in [1.165, 1.54) is 6.07 Å². The summed E-state index contributed by atoms with van der Waals surface area (Å²) in [6.07, 6.45) is 0. The molecule has 0 aliphatic heterocycles. The second kappa shape index (κ2) is 8.46. The summed E-state index contributed by atoms with van der Waals surface area (Å²) < 4.78 is 2.16. The van der Waals surface area contributed by atoms with Gasteiger partial charge >= 0.3 is 0 Å². The SMILES string of the molecule is O=[N+]([O-])c1cc2c(cc1Br)c(Cl)nn2C(c1ccccc1)(c1ccccc1)c1ccccc1. The number of benzene rings is 4. The van der Waals surface area contributed by atoms with E-state index in [0.717, 1.165) is 16.7 Å². The summed E-state index contributed by atoms with van der Waals surface area (Å²) in [6, 6.07) is 33.1. The van der Waals surface area contributed by atoms with Crippen LogP contribution in [0.4, 0.5) is 5.69 Å². The Kier molecular flexibility index (Phi) is 5.48. The Morgan fingerprint density at radius 3 is 1.70 bits per heavy atom. The summed E-state index contributed by atoms with van der Waals surface area (Å²) in [7, 11) is 0. The summed E-state index contributed by atoms with van der Waals surface area (Å²) >= 11 is 9.94. The number of rotatable bonds is 5. The molecule has 5 rings (SSSR count). The Balaban J connectivity index is 1.99. The van der Waals surface area contributed by atoms with Crippen LogP contribution < -0.4 is 0 Å². The molecule has 0 saturated heterocycles. The van der Waals surface area contributed by atoms with E-state index < -0.39 is 10.5 Å². The van der Waals surface area contributed by atoms with Gasteiger partial charge in [0.2, 0.25) is 0 Å². The van der Waals surface area contributed by atoms with Gasteiger partial charge in [0.15, 0.2) is 5.15 Å². The van der Waals surface area contributed by atoms with Crippen LogP contribution in [0.3, 0.4) is 0 Å². The summed E-state index contributed by atoms with van der Waals surface area (Å²) in [5, 5.41) is 17.4. The Morgan fingerprint density at radius 2 is 1.27 bits per heavy atom. The number of hydrogen-bond acceptors (Lipinski definition) is 3. The molecule has 0 aliphatic carbocycles. The lowest BCUT2D eigenvalue weighted by Gasteiger charge is -2.36. The van der Waals surface area contributed by atoms with E-state index in [1.54, 1.807) is 6.07 Å². The number of nitro groups is 1. The maximum Gasteiger partial charge on any atom is 0.285 e. The second-order valence-corrected chi connectivity index (χ2v) is 8.80. The quantitative estimate of drug-likeness (QED) is 0.140. The topological polar surface area (TPSA) is 61.0 Å². The minimum atomic E-state index is -0.920. The standard InChI is InChI=1S/C26H17BrClN3O2/c27-22-16-21-23(17-24(22)31(32)33)30(29-25(21)28)26(18-10-4-1-5-11-18,19-12-6-2-7-13-19)20-14-8-3-9-15-20/h1-17H. The number of fused-ring (bicyclic) bond motifs is 1. The molecule has 0 N–H and O–H groups in total. The molecule has 0 spiro atoms. The van der Waals surface area contributed by atoms with Crippen molar-refractivity contribution in [1.82, 2.24) is 9.78 Å². The minimum absolute atomic E-state index is 0.0524. The Morgan fingerprint density at radius 1 is 0.818 bits per heavy atom. The molecule has 0 bridgehead atoms. The van der Waals surface area contributed by atoms with Crippen LogP contribution in [0.2, 0.25) is 5.15 Å². The van der Waals surface area contributed by atoms with E-state index in [4.69, 9.17) is 16.7 Å². The highest BCUT2D eigenvalue weighted by Gasteiger charge is 2.41. The largest absolute Gasteiger partial charge is 0.285 e. The highest BCUT2D eigenvalue weighted by atomic mass is 79.9. The van der Waals surface area contributed by atoms with Crippen molar-refractivity contribution in [2.75, 3.05) is 0 Å². The minimum Gasteiger partial charge on any atom is -0.258 e. The van der Waals surface area contributed by atoms with Crippen LogP contribution in [0.15, 0.2) is 108 Å². The fourth-order valence-corrected chi connectivity index (χ4v) is 5.10. The first kappa shape index (κ1) is 21.4. The summed E-state index contributed by atoms with van der Waals surface area (Å²) in [6.45, 7) is 0. The molecule has 0 aliphatic rings. The lowest BCUT2D eigenvalue weighted by atomic mass is 9.77. The number of nitro benzene ring substituents is 1. The number of halogens is 2. The van der Waals surface area contributed by atoms with E-state index in [2.05, 4.69) is 15.9 Å². The first-order chi connectivity index (χ1) is 16.0. The zero-order valence-corrected chi connectivity index (χ0v) is 19.6. The van der Waals surface area contributed by atoms with Gasteiger partial charge in [0.25, 0.3) is 5.69 Å². The smallest absolute Gasteiger partial charge is 0.258 e. The number of hydrogen-bond donors (Lipinski definition) is 0. The van der Waals surface area contributed by atoms with Crippen LogP contribution in [0.25, 0.3) is 10.9 Å². The van der Waals surface area contributed by atoms with E-state index >= 15 is 0 Å². The third kappa shape index (κ3) is 3.43. The van der Waals surface area contributed by atoms with Crippen molar-refractivity contribution in [3.8, 4) is 0 Å². The van der Waals surface area contributed by atoms with Gasteiger partial charge in [-0.1, -0.05) is 103 Å². The lowest BCUT2D eigenvalue weighted by Crippen LogP contribution is -2.38. The lowest BCUT2D eigenvalue weighted by molar-refractivity contribution is -0.385. The van der Waals surface area contributed by atoms with Crippen LogP contribution in [-0.4, -0.2) is 14.7 Å². The van der Waals surface area contributed by atoms with Crippen molar-refractivity contribution in [3.63, 3.8) is 0 Å². The van der Waals surface area contributed by atoms with Gasteiger partial charge in [-0.05, 0) is 38.7 Å². The van der Waals surface area contributed by atoms with Crippen molar-refractivity contribution >= 4 is 44.1 Å². The van der Waals surface area contributed by atoms with Crippen molar-refractivity contribution in [3.05, 3.63) is 140 Å². The molecule has 7 heteroatoms. The highest BCUT2D eigenvalue weighted by molar-refractivity contribution is 9.10. The first-order valence-corrected chi connectivity index (χ1v) is 11.4. The van der Waals surface area contributed by atoms with Crippen LogP contribution in [0, 0.1) is 10.1 Å². The molecule has 1 heterocycles. The summed E-state index contributed by atoms with van der Waals surface area (Å²) in [5.41, 5.74) is 2.45. The van der Waals surface area contributed by atoms with Gasteiger partial charge < -0.3 is 0 Å². The van der Waals surface area contributed by atoms with E-state index in [1.807, 2.05) is 95.7 Å². The molecule has 1 aromatic heterocycles. The maximum absolute atomic E-state index is 11.8. The van der Waals surface area contributed by atoms with Crippen LogP contribution in [0.5, 0.6) is 0 Å². The molecule has 4 aromatic carbocycles. The fourth-order valence-electron chi connectivity index (χ4n) is 4.39. The molecule has 0 atom stereocenters. The second-order valence-electron chi connectivity index (χ2n) is 7.59. The molecule has 0 unspecified atom stereocenters. The van der Waals surface area contributed by atoms with Gasteiger partial charge in [0, 0.05) is 11.5 Å². The highest BCUT2D eigenvalue weighted by Crippen LogP contribution is 2.44. The zero-order chi connectivity index (χ0) is 23.0. The summed E-state index contributed by atoms with van der Waals surface area (Å²) in [4.78, 5) is 11.3. The van der Waals surface area contributed by atoms with Crippen molar-refractivity contribution in [1.29, 1.82) is 0 Å². The van der Waals surface area contributed by atoms with E-state index in [9.17, 15) is 10.1 Å². The van der Waals surface area contributed by atoms with Gasteiger partial charge in [0.05, 0.1) is 14.9 Å². The third-order valence-electron chi connectivity index (χ3n) is 5.79. The maximum atomic E-state index is 11.8. The average Bonchev–Trinajstić information content (AvgIpc) is 3.16. The van der Waals surface area contributed by atoms with Crippen LogP contribution >= 0.6 is 27.5 Å². The molecule has 0 amide bonds. The van der Waals surface area contributed by atoms with Crippen molar-refractivity contribution in [2.45, 2.75) is 5.54 Å². The third-order valence-corrected chi connectivity index (χ3v) is 6.71. The average molecular weight is 519 g/mol. The molecule has 0 radical (unpaired) electrons. The first-order valence-electron chi connectivity index (χ1n) is 10.2. The molecule has 162 valence electrons. The Bertz CT molecular complexity index is 1360. The van der Waals surface area contributed by atoms with E-state index in [-0.39, 0.29) is 10.8 Å². The molecule has 5 nitrogen and oxygen atoms in total. The van der Waals surface area contributed by atoms with Gasteiger partial charge in [-0.3, -0.25) is 10.1 Å². The molecule has 33 heavy (non-hydrogen) atoms. The van der Waals surface area contributed by atoms with Crippen LogP contribution in [0.1, 0.15) is 16.7 Å². The molecular weight excluding hydrogens is 502 g/mol. The predicted octanol–water partition coefficient (Wildman–Crippen LogP) is 7.20. The van der Waals surface area contributed by atoms with Gasteiger partial charge in [-0.25, -0.2) is 4.68 Å². The molecule has 0 saturated carbocycles. The monoisotopic (exact) mass is 517 g/mol. The van der Waals surface area contributed by atoms with Gasteiger partial charge in [-0.2, -0.15) is 5.10 Å². The molecule has 5 aromatic rings. The van der Waals surface area contributed by atoms with Crippen molar-refractivity contribution < 1.29 is 4.92 Å². The van der Waals surface area contributed by atoms with E-state index in [0.29, 0.717) is 15.4 Å².